The monoisotopic (exact) mass is 421 g/mol. The number of nitrogens with zero attached hydrogens (tertiary/aromatic N) is 3. The van der Waals surface area contributed by atoms with Crippen LogP contribution in [0, 0.1) is 0 Å². The van der Waals surface area contributed by atoms with Crippen LogP contribution in [0.2, 0.25) is 0 Å². The molecule has 0 saturated carbocycles. The molecule has 0 saturated heterocycles. The van der Waals surface area contributed by atoms with E-state index < -0.39 is 0 Å². The fourth-order valence-corrected chi connectivity index (χ4v) is 3.42. The highest BCUT2D eigenvalue weighted by molar-refractivity contribution is 5.83. The van der Waals surface area contributed by atoms with Crippen LogP contribution in [0.1, 0.15) is 30.7 Å². The fourth-order valence-electron chi connectivity index (χ4n) is 3.42. The molecule has 0 unspecified atom stereocenters. The average Bonchev–Trinajstić information content (AvgIpc) is 3.28. The molecule has 3 rings (SSSR count). The fraction of sp³-hybridized carbons (Fsp3) is 0.292. The van der Waals surface area contributed by atoms with Gasteiger partial charge in [-0.3, -0.25) is 4.79 Å². The molecule has 0 aliphatic rings. The summed E-state index contributed by atoms with van der Waals surface area (Å²) in [5, 5.41) is 4.07. The van der Waals surface area contributed by atoms with Crippen molar-refractivity contribution in [3.05, 3.63) is 72.6 Å². The second kappa shape index (κ2) is 10.4. The Hall–Kier alpha value is -3.61. The van der Waals surface area contributed by atoms with E-state index in [2.05, 4.69) is 16.7 Å². The van der Waals surface area contributed by atoms with Gasteiger partial charge in [0.2, 0.25) is 17.6 Å². The van der Waals surface area contributed by atoms with Crippen LogP contribution in [0.5, 0.6) is 11.5 Å². The van der Waals surface area contributed by atoms with E-state index >= 15 is 0 Å². The number of amides is 1. The van der Waals surface area contributed by atoms with E-state index in [0.29, 0.717) is 36.2 Å². The molecule has 1 heterocycles. The first-order valence-electron chi connectivity index (χ1n) is 10.1. The van der Waals surface area contributed by atoms with Crippen molar-refractivity contribution in [3.8, 4) is 22.9 Å². The summed E-state index contributed by atoms with van der Waals surface area (Å²) in [6.07, 6.45) is 2.39. The summed E-state index contributed by atoms with van der Waals surface area (Å²) in [6, 6.07) is 15.2. The minimum absolute atomic E-state index is 0.000494. The minimum atomic E-state index is -0.241. The lowest BCUT2D eigenvalue weighted by Crippen LogP contribution is -2.35. The highest BCUT2D eigenvalue weighted by Gasteiger charge is 2.25. The van der Waals surface area contributed by atoms with Gasteiger partial charge in [0, 0.05) is 12.1 Å². The normalized spacial score (nSPS) is 11.6. The first-order valence-corrected chi connectivity index (χ1v) is 10.1. The van der Waals surface area contributed by atoms with Gasteiger partial charge in [0.25, 0.3) is 0 Å². The molecule has 1 aromatic heterocycles. The summed E-state index contributed by atoms with van der Waals surface area (Å²) < 4.78 is 16.0. The second-order valence-electron chi connectivity index (χ2n) is 6.96. The summed E-state index contributed by atoms with van der Waals surface area (Å²) in [4.78, 5) is 19.4. The quantitative estimate of drug-likeness (QED) is 0.450. The first kappa shape index (κ1) is 22.1. The molecule has 7 heteroatoms. The van der Waals surface area contributed by atoms with E-state index in [1.165, 1.54) is 0 Å². The Morgan fingerprint density at radius 3 is 2.55 bits per heavy atom. The number of aromatic nitrogens is 2. The van der Waals surface area contributed by atoms with Crippen LogP contribution in [-0.2, 0) is 11.3 Å². The number of hydrogen-bond acceptors (Lipinski definition) is 6. The molecule has 0 aliphatic heterocycles. The summed E-state index contributed by atoms with van der Waals surface area (Å²) >= 11 is 0. The van der Waals surface area contributed by atoms with Crippen LogP contribution in [0.3, 0.4) is 0 Å². The van der Waals surface area contributed by atoms with Crippen molar-refractivity contribution in [1.29, 1.82) is 0 Å². The molecule has 0 N–H and O–H groups in total. The Morgan fingerprint density at radius 2 is 1.90 bits per heavy atom. The van der Waals surface area contributed by atoms with Gasteiger partial charge in [0.05, 0.1) is 20.1 Å². The highest BCUT2D eigenvalue weighted by atomic mass is 16.5. The standard InChI is InChI=1S/C24H27N3O4/c1-5-14-27(24(28)19(6-2)17-10-8-7-9-11-17)16-22-25-23(26-31-22)18-12-13-20(29-3)21(15-18)30-4/h5,7-13,15,19H,1,6,14,16H2,2-4H3/t19-/m0/s1. The molecule has 1 atom stereocenters. The van der Waals surface area contributed by atoms with E-state index in [1.807, 2.05) is 43.3 Å². The molecule has 0 fully saturated rings. The third-order valence-corrected chi connectivity index (χ3v) is 5.01. The molecule has 162 valence electrons. The van der Waals surface area contributed by atoms with Gasteiger partial charge in [-0.2, -0.15) is 4.98 Å². The molecular formula is C24H27N3O4. The van der Waals surface area contributed by atoms with E-state index in [0.717, 1.165) is 11.1 Å². The van der Waals surface area contributed by atoms with Gasteiger partial charge in [-0.15, -0.1) is 6.58 Å². The lowest BCUT2D eigenvalue weighted by Gasteiger charge is -2.25. The second-order valence-corrected chi connectivity index (χ2v) is 6.96. The SMILES string of the molecule is C=CCN(Cc1nc(-c2ccc(OC)c(OC)c2)no1)C(=O)[C@@H](CC)c1ccccc1. The van der Waals surface area contributed by atoms with E-state index in [1.54, 1.807) is 37.3 Å². The van der Waals surface area contributed by atoms with Gasteiger partial charge < -0.3 is 18.9 Å². The van der Waals surface area contributed by atoms with Gasteiger partial charge in [0.15, 0.2) is 11.5 Å². The van der Waals surface area contributed by atoms with Crippen molar-refractivity contribution >= 4 is 5.91 Å². The Morgan fingerprint density at radius 1 is 1.16 bits per heavy atom. The number of hydrogen-bond donors (Lipinski definition) is 0. The van der Waals surface area contributed by atoms with Crippen LogP contribution in [0.15, 0.2) is 65.7 Å². The van der Waals surface area contributed by atoms with E-state index in [-0.39, 0.29) is 18.4 Å². The molecule has 0 aliphatic carbocycles. The van der Waals surface area contributed by atoms with Gasteiger partial charge in [-0.25, -0.2) is 0 Å². The largest absolute Gasteiger partial charge is 0.493 e. The van der Waals surface area contributed by atoms with E-state index in [4.69, 9.17) is 14.0 Å². The first-order chi connectivity index (χ1) is 15.1. The Balaban J connectivity index is 1.80. The number of ether oxygens (including phenoxy) is 2. The van der Waals surface area contributed by atoms with Crippen LogP contribution in [-0.4, -0.2) is 41.7 Å². The molecule has 3 aromatic rings. The van der Waals surface area contributed by atoms with Gasteiger partial charge in [0.1, 0.15) is 6.54 Å². The predicted octanol–water partition coefficient (Wildman–Crippen LogP) is 4.46. The van der Waals surface area contributed by atoms with Crippen molar-refractivity contribution in [3.63, 3.8) is 0 Å². The van der Waals surface area contributed by atoms with Crippen LogP contribution in [0.25, 0.3) is 11.4 Å². The average molecular weight is 421 g/mol. The summed E-state index contributed by atoms with van der Waals surface area (Å²) in [5.41, 5.74) is 1.71. The highest BCUT2D eigenvalue weighted by Crippen LogP contribution is 2.31. The predicted molar refractivity (Wildman–Crippen MR) is 118 cm³/mol. The van der Waals surface area contributed by atoms with Gasteiger partial charge >= 0.3 is 0 Å². The van der Waals surface area contributed by atoms with Crippen molar-refractivity contribution < 1.29 is 18.8 Å². The van der Waals surface area contributed by atoms with Gasteiger partial charge in [-0.05, 0) is 30.2 Å². The minimum Gasteiger partial charge on any atom is -0.493 e. The topological polar surface area (TPSA) is 77.7 Å². The molecule has 2 aromatic carbocycles. The van der Waals surface area contributed by atoms with Crippen LogP contribution >= 0.6 is 0 Å². The van der Waals surface area contributed by atoms with Crippen molar-refractivity contribution in [2.75, 3.05) is 20.8 Å². The molecule has 1 amide bonds. The summed E-state index contributed by atoms with van der Waals surface area (Å²) in [6.45, 7) is 6.38. The molecule has 31 heavy (non-hydrogen) atoms. The zero-order valence-electron chi connectivity index (χ0n) is 18.1. The number of methoxy groups -OCH3 is 2. The maximum absolute atomic E-state index is 13.3. The lowest BCUT2D eigenvalue weighted by molar-refractivity contribution is -0.133. The molecule has 0 radical (unpaired) electrons. The zero-order valence-corrected chi connectivity index (χ0v) is 18.1. The van der Waals surface area contributed by atoms with Gasteiger partial charge in [-0.1, -0.05) is 48.5 Å². The molecular weight excluding hydrogens is 394 g/mol. The van der Waals surface area contributed by atoms with Crippen LogP contribution in [0.4, 0.5) is 0 Å². The number of rotatable bonds is 10. The van der Waals surface area contributed by atoms with Crippen LogP contribution < -0.4 is 9.47 Å². The third-order valence-electron chi connectivity index (χ3n) is 5.01. The Kier molecular flexibility index (Phi) is 7.43. The van der Waals surface area contributed by atoms with Crippen molar-refractivity contribution in [2.45, 2.75) is 25.8 Å². The molecule has 0 spiro atoms. The van der Waals surface area contributed by atoms with Crippen molar-refractivity contribution in [1.82, 2.24) is 15.0 Å². The molecule has 0 bridgehead atoms. The number of benzene rings is 2. The van der Waals surface area contributed by atoms with Crippen molar-refractivity contribution in [2.24, 2.45) is 0 Å². The maximum atomic E-state index is 13.3. The third kappa shape index (κ3) is 5.12. The Labute approximate surface area is 182 Å². The Bertz CT molecular complexity index is 1020. The zero-order chi connectivity index (χ0) is 22.2. The lowest BCUT2D eigenvalue weighted by atomic mass is 9.95. The number of carbonyl (C=O) groups is 1. The maximum Gasteiger partial charge on any atom is 0.246 e. The number of carbonyl (C=O) groups excluding carboxylic acids is 1. The summed E-state index contributed by atoms with van der Waals surface area (Å²) in [5.74, 6) is 1.71. The smallest absolute Gasteiger partial charge is 0.246 e. The molecule has 7 nitrogen and oxygen atoms in total. The summed E-state index contributed by atoms with van der Waals surface area (Å²) in [7, 11) is 3.15. The van der Waals surface area contributed by atoms with E-state index in [9.17, 15) is 4.79 Å².